The van der Waals surface area contributed by atoms with Gasteiger partial charge in [0, 0.05) is 0 Å². The minimum atomic E-state index is -0.573. The van der Waals surface area contributed by atoms with Gasteiger partial charge in [-0.1, -0.05) is 11.8 Å². The van der Waals surface area contributed by atoms with E-state index < -0.39 is 11.8 Å². The largest absolute Gasteiger partial charge is 0.468 e. The van der Waals surface area contributed by atoms with Gasteiger partial charge in [-0.05, 0) is 18.2 Å². The Morgan fingerprint density at radius 3 is 2.88 bits per heavy atom. The van der Waals surface area contributed by atoms with E-state index in [9.17, 15) is 9.18 Å². The van der Waals surface area contributed by atoms with E-state index in [-0.39, 0.29) is 17.5 Å². The van der Waals surface area contributed by atoms with Crippen LogP contribution in [0.3, 0.4) is 0 Å². The molecule has 0 N–H and O–H groups in total. The number of nitrogens with zero attached hydrogens (tertiary/aromatic N) is 1. The van der Waals surface area contributed by atoms with Gasteiger partial charge in [0.15, 0.2) is 0 Å². The molecule has 1 aromatic carbocycles. The maximum Gasteiger partial charge on any atom is 0.317 e. The number of nitriles is 1. The van der Waals surface area contributed by atoms with Crippen molar-refractivity contribution in [1.82, 2.24) is 0 Å². The number of esters is 1. The number of ether oxygens (including phenoxy) is 1. The molecule has 0 aliphatic heterocycles. The molecule has 0 spiro atoms. The minimum absolute atomic E-state index is 0.0874. The number of carbonyl (C=O) groups is 1. The predicted molar refractivity (Wildman–Crippen MR) is 54.6 cm³/mol. The fourth-order valence-electron chi connectivity index (χ4n) is 0.970. The average molecular weight is 217 g/mol. The summed E-state index contributed by atoms with van der Waals surface area (Å²) in [6, 6.07) is 5.78. The number of hydrogen-bond donors (Lipinski definition) is 0. The van der Waals surface area contributed by atoms with E-state index in [2.05, 4.69) is 16.6 Å². The Labute approximate surface area is 92.5 Å². The van der Waals surface area contributed by atoms with Gasteiger partial charge in [-0.2, -0.15) is 5.26 Å². The first-order valence-corrected chi connectivity index (χ1v) is 4.42. The lowest BCUT2D eigenvalue weighted by Crippen LogP contribution is -1.97. The number of carbonyl (C=O) groups excluding carboxylic acids is 1. The molecule has 0 aromatic heterocycles. The van der Waals surface area contributed by atoms with Crippen LogP contribution in [0.2, 0.25) is 0 Å². The number of hydrogen-bond acceptors (Lipinski definition) is 3. The highest BCUT2D eigenvalue weighted by Crippen LogP contribution is 2.08. The molecular formula is C12H8FNO2. The van der Waals surface area contributed by atoms with Crippen LogP contribution in [0.4, 0.5) is 4.39 Å². The van der Waals surface area contributed by atoms with Gasteiger partial charge in [0.1, 0.15) is 12.2 Å². The molecule has 0 heterocycles. The Morgan fingerprint density at radius 1 is 1.56 bits per heavy atom. The molecule has 0 amide bonds. The third kappa shape index (κ3) is 3.11. The molecule has 0 saturated carbocycles. The first-order valence-electron chi connectivity index (χ1n) is 4.42. The number of halogens is 1. The Balaban J connectivity index is 2.83. The van der Waals surface area contributed by atoms with E-state index in [1.165, 1.54) is 19.2 Å². The highest BCUT2D eigenvalue weighted by Gasteiger charge is 2.00. The molecule has 4 heteroatoms. The Hall–Kier alpha value is -2.33. The topological polar surface area (TPSA) is 50.1 Å². The molecule has 0 atom stereocenters. The first-order chi connectivity index (χ1) is 7.67. The highest BCUT2D eigenvalue weighted by atomic mass is 19.1. The highest BCUT2D eigenvalue weighted by molar-refractivity contribution is 5.72. The van der Waals surface area contributed by atoms with Gasteiger partial charge in [-0.15, -0.1) is 0 Å². The summed E-state index contributed by atoms with van der Waals surface area (Å²) in [7, 11) is 1.26. The zero-order valence-corrected chi connectivity index (χ0v) is 8.58. The lowest BCUT2D eigenvalue weighted by molar-refractivity contribution is -0.139. The SMILES string of the molecule is COC(=O)CC#Cc1ccc(C#N)cc1F. The molecular weight excluding hydrogens is 209 g/mol. The van der Waals surface area contributed by atoms with E-state index in [1.54, 1.807) is 0 Å². The van der Waals surface area contributed by atoms with Crippen LogP contribution in [0.5, 0.6) is 0 Å². The fourth-order valence-corrected chi connectivity index (χ4v) is 0.970. The Morgan fingerprint density at radius 2 is 2.31 bits per heavy atom. The fraction of sp³-hybridized carbons (Fsp3) is 0.167. The van der Waals surface area contributed by atoms with Gasteiger partial charge in [0.05, 0.1) is 24.3 Å². The number of rotatable bonds is 1. The van der Waals surface area contributed by atoms with Crippen molar-refractivity contribution in [2.24, 2.45) is 0 Å². The third-order valence-corrected chi connectivity index (χ3v) is 1.78. The predicted octanol–water partition coefficient (Wildman–Crippen LogP) is 1.61. The molecule has 0 aliphatic carbocycles. The summed E-state index contributed by atoms with van der Waals surface area (Å²) < 4.78 is 17.7. The van der Waals surface area contributed by atoms with Crippen molar-refractivity contribution in [1.29, 1.82) is 5.26 Å². The van der Waals surface area contributed by atoms with E-state index >= 15 is 0 Å². The maximum atomic E-state index is 13.3. The molecule has 0 unspecified atom stereocenters. The lowest BCUT2D eigenvalue weighted by atomic mass is 10.1. The lowest BCUT2D eigenvalue weighted by Gasteiger charge is -1.94. The molecule has 16 heavy (non-hydrogen) atoms. The smallest absolute Gasteiger partial charge is 0.317 e. The van der Waals surface area contributed by atoms with Gasteiger partial charge in [-0.3, -0.25) is 4.79 Å². The van der Waals surface area contributed by atoms with Crippen LogP contribution < -0.4 is 0 Å². The van der Waals surface area contributed by atoms with Gasteiger partial charge in [-0.25, -0.2) is 4.39 Å². The molecule has 1 rings (SSSR count). The summed E-state index contributed by atoms with van der Waals surface area (Å²) in [5, 5.41) is 8.52. The first kappa shape index (κ1) is 11.7. The molecule has 0 aliphatic rings. The molecule has 0 fully saturated rings. The second-order valence-corrected chi connectivity index (χ2v) is 2.86. The van der Waals surface area contributed by atoms with E-state index in [4.69, 9.17) is 5.26 Å². The van der Waals surface area contributed by atoms with Crippen molar-refractivity contribution in [2.45, 2.75) is 6.42 Å². The van der Waals surface area contributed by atoms with E-state index in [1.807, 2.05) is 6.07 Å². The van der Waals surface area contributed by atoms with Crippen molar-refractivity contribution in [3.63, 3.8) is 0 Å². The van der Waals surface area contributed by atoms with Gasteiger partial charge in [0.25, 0.3) is 0 Å². The van der Waals surface area contributed by atoms with E-state index in [0.29, 0.717) is 0 Å². The van der Waals surface area contributed by atoms with Crippen LogP contribution in [0.1, 0.15) is 17.5 Å². The molecule has 80 valence electrons. The second kappa shape index (κ2) is 5.53. The molecule has 0 bridgehead atoms. The van der Waals surface area contributed by atoms with Crippen molar-refractivity contribution in [3.05, 3.63) is 35.1 Å². The Bertz CT molecular complexity index is 506. The normalized spacial score (nSPS) is 8.56. The average Bonchev–Trinajstić information content (AvgIpc) is 2.30. The minimum Gasteiger partial charge on any atom is -0.468 e. The summed E-state index contributed by atoms with van der Waals surface area (Å²) >= 11 is 0. The van der Waals surface area contributed by atoms with Crippen molar-refractivity contribution in [2.75, 3.05) is 7.11 Å². The molecule has 3 nitrogen and oxygen atoms in total. The van der Waals surface area contributed by atoms with Crippen LogP contribution in [0, 0.1) is 29.0 Å². The molecule has 0 saturated heterocycles. The van der Waals surface area contributed by atoms with Crippen LogP contribution in [-0.4, -0.2) is 13.1 Å². The summed E-state index contributed by atoms with van der Waals surface area (Å²) in [6.07, 6.45) is -0.0874. The third-order valence-electron chi connectivity index (χ3n) is 1.78. The van der Waals surface area contributed by atoms with Crippen LogP contribution in [0.15, 0.2) is 18.2 Å². The van der Waals surface area contributed by atoms with E-state index in [0.717, 1.165) is 6.07 Å². The van der Waals surface area contributed by atoms with Crippen molar-refractivity contribution >= 4 is 5.97 Å². The van der Waals surface area contributed by atoms with Gasteiger partial charge < -0.3 is 4.74 Å². The molecule has 0 radical (unpaired) electrons. The summed E-state index contributed by atoms with van der Waals surface area (Å²) in [6.45, 7) is 0. The monoisotopic (exact) mass is 217 g/mol. The van der Waals surface area contributed by atoms with Crippen molar-refractivity contribution < 1.29 is 13.9 Å². The van der Waals surface area contributed by atoms with Crippen LogP contribution in [-0.2, 0) is 9.53 Å². The molecule has 1 aromatic rings. The maximum absolute atomic E-state index is 13.3. The number of methoxy groups -OCH3 is 1. The standard InChI is InChI=1S/C12H8FNO2/c1-16-12(15)4-2-3-10-6-5-9(8-14)7-11(10)13/h5-7H,4H2,1H3. The summed E-state index contributed by atoms with van der Waals surface area (Å²) in [5.41, 5.74) is 0.388. The zero-order chi connectivity index (χ0) is 12.0. The summed E-state index contributed by atoms with van der Waals surface area (Å²) in [4.78, 5) is 10.7. The number of benzene rings is 1. The van der Waals surface area contributed by atoms with Crippen LogP contribution >= 0.6 is 0 Å². The van der Waals surface area contributed by atoms with Gasteiger partial charge in [0.2, 0.25) is 0 Å². The summed E-state index contributed by atoms with van der Waals surface area (Å²) in [5.74, 6) is 3.93. The van der Waals surface area contributed by atoms with Gasteiger partial charge >= 0.3 is 5.97 Å². The second-order valence-electron chi connectivity index (χ2n) is 2.86. The van der Waals surface area contributed by atoms with Crippen molar-refractivity contribution in [3.8, 4) is 17.9 Å². The van der Waals surface area contributed by atoms with Crippen LogP contribution in [0.25, 0.3) is 0 Å². The quantitative estimate of drug-likeness (QED) is 0.530. The zero-order valence-electron chi connectivity index (χ0n) is 8.58. The Kier molecular flexibility index (Phi) is 4.06.